The molecule has 36 heteroatoms. The molecule has 25 rings (SSSR count). The summed E-state index contributed by atoms with van der Waals surface area (Å²) in [5, 5.41) is 40.3. The van der Waals surface area contributed by atoms with Crippen LogP contribution in [0.2, 0.25) is 0 Å². The van der Waals surface area contributed by atoms with Crippen LogP contribution in [0, 0.1) is 67.0 Å². The molecule has 21 aliphatic rings. The number of carbonyl (C=O) groups is 8. The average molecular weight is 1640 g/mol. The molecule has 0 N–H and O–H groups in total. The molecular formula is C74H70N12O16S8. The number of nitrogens with zero attached hydrogens (tertiary/aromatic N) is 12. The highest BCUT2D eigenvalue weighted by molar-refractivity contribution is 8.79. The third kappa shape index (κ3) is 9.35. The van der Waals surface area contributed by atoms with Gasteiger partial charge in [-0.15, -0.1) is 0 Å². The first kappa shape index (κ1) is 73.3. The molecule has 28 nitrogen and oxygen atoms in total. The molecular weight excluding hydrogens is 1570 g/mol. The van der Waals surface area contributed by atoms with Gasteiger partial charge in [-0.1, -0.05) is 111 Å². The van der Waals surface area contributed by atoms with E-state index in [1.807, 2.05) is 94.1 Å². The maximum atomic E-state index is 13.8. The molecule has 20 heterocycles. The van der Waals surface area contributed by atoms with Crippen LogP contribution < -0.4 is 37.9 Å². The van der Waals surface area contributed by atoms with Gasteiger partial charge < -0.3 is 77.1 Å². The minimum atomic E-state index is -1.06. The third-order valence-corrected chi connectivity index (χ3v) is 39.6. The maximum absolute atomic E-state index is 13.8. The van der Waals surface area contributed by atoms with Crippen LogP contribution in [0.15, 0.2) is 72.8 Å². The number of rotatable bonds is 5. The van der Waals surface area contributed by atoms with Crippen molar-refractivity contribution < 1.29 is 76.3 Å². The second-order valence-electron chi connectivity index (χ2n) is 31.8. The van der Waals surface area contributed by atoms with Crippen LogP contribution in [-0.2, 0) is 38.4 Å². The van der Waals surface area contributed by atoms with Crippen molar-refractivity contribution in [1.29, 1.82) is 21.0 Å². The zero-order chi connectivity index (χ0) is 77.8. The molecule has 0 aromatic heterocycles. The third-order valence-electron chi connectivity index (χ3n) is 24.9. The number of piperazine rings is 4. The molecule has 1 saturated carbocycles. The molecule has 110 heavy (non-hydrogen) atoms. The highest BCUT2D eigenvalue weighted by Gasteiger charge is 2.80. The first-order valence-corrected chi connectivity index (χ1v) is 44.0. The molecule has 570 valence electrons. The van der Waals surface area contributed by atoms with Crippen LogP contribution in [0.4, 0.5) is 0 Å². The standard InChI is InChI=1S/C20H19N3O4S2.3C18H17N3O4S2/c1-18(9-21)8-20-17(25)22(12-4-5-12)19(2,28-29-20)16(24)23(20)15(18)11-3-6-13-14(7-11)27-10-26-13;3*1-16(8-19)7-18-15(23)20(3)17(2,26-27-18)14(22)21(18)13(16)10-4-5-11-12(6-10)25-9-24-11/h3,6-7,12,15H,4-5,8,10H2,1-2H3;3*4-6,13H,7,9H2,1-3H3/t15-,18+,19+,20-;2*13-,16+,17-,18-;13-,16-,17+,18+/m0100/s1. The topological polar surface area (TPSA) is 331 Å². The summed E-state index contributed by atoms with van der Waals surface area (Å²) in [5.74, 6) is 4.16. The van der Waals surface area contributed by atoms with Gasteiger partial charge in [-0.3, -0.25) is 38.4 Å². The number of ether oxygens (including phenoxy) is 8. The zero-order valence-electron chi connectivity index (χ0n) is 61.1. The number of amides is 8. The van der Waals surface area contributed by atoms with E-state index in [1.54, 1.807) is 79.7 Å². The lowest BCUT2D eigenvalue weighted by Gasteiger charge is -2.58. The summed E-state index contributed by atoms with van der Waals surface area (Å²) in [7, 11) is 16.4. The number of carbonyl (C=O) groups excluding carboxylic acids is 8. The van der Waals surface area contributed by atoms with Gasteiger partial charge in [-0.2, -0.15) is 21.0 Å². The van der Waals surface area contributed by atoms with E-state index in [4.69, 9.17) is 37.9 Å². The molecule has 8 amide bonds. The van der Waals surface area contributed by atoms with Gasteiger partial charge in [0.25, 0.3) is 47.3 Å². The lowest BCUT2D eigenvalue weighted by Crippen LogP contribution is -2.75. The molecule has 8 bridgehead atoms. The zero-order valence-corrected chi connectivity index (χ0v) is 67.6. The highest BCUT2D eigenvalue weighted by atomic mass is 33.1. The van der Waals surface area contributed by atoms with Gasteiger partial charge in [-0.25, -0.2) is 0 Å². The van der Waals surface area contributed by atoms with Crippen molar-refractivity contribution in [2.75, 3.05) is 48.3 Å². The van der Waals surface area contributed by atoms with E-state index in [0.29, 0.717) is 52.4 Å². The number of hydrogen-bond donors (Lipinski definition) is 0. The summed E-state index contributed by atoms with van der Waals surface area (Å²) in [4.78, 5) is 113. The molecule has 17 fully saturated rings. The number of likely N-dealkylation sites (N-methyl/N-ethyl adjacent to an activating group) is 3. The van der Waals surface area contributed by atoms with Crippen LogP contribution in [0.1, 0.15) is 140 Å². The predicted molar refractivity (Wildman–Crippen MR) is 405 cm³/mol. The molecule has 4 spiro atoms. The number of benzene rings is 4. The molecule has 16 atom stereocenters. The van der Waals surface area contributed by atoms with Gasteiger partial charge in [0.2, 0.25) is 27.2 Å². The van der Waals surface area contributed by atoms with Crippen LogP contribution in [0.25, 0.3) is 0 Å². The van der Waals surface area contributed by atoms with Crippen LogP contribution >= 0.6 is 86.4 Å². The molecule has 1 aliphatic carbocycles. The van der Waals surface area contributed by atoms with Crippen LogP contribution in [0.3, 0.4) is 0 Å². The molecule has 0 radical (unpaired) electrons. The quantitative estimate of drug-likeness (QED) is 0.168. The first-order valence-electron chi connectivity index (χ1n) is 35.4. The van der Waals surface area contributed by atoms with Crippen LogP contribution in [-0.4, -0.2) is 180 Å². The van der Waals surface area contributed by atoms with Crippen LogP contribution in [0.5, 0.6) is 46.0 Å². The van der Waals surface area contributed by atoms with E-state index in [0.717, 1.165) is 35.1 Å². The largest absolute Gasteiger partial charge is 0.454 e. The summed E-state index contributed by atoms with van der Waals surface area (Å²) in [5.41, 5.74) is -0.440. The number of fused-ring (bicyclic) bond motifs is 12. The first-order chi connectivity index (χ1) is 52.1. The number of nitriles is 4. The molecule has 0 unspecified atom stereocenters. The van der Waals surface area contributed by atoms with Gasteiger partial charge in [0.15, 0.2) is 85.0 Å². The smallest absolute Gasteiger partial charge is 0.261 e. The Morgan fingerprint density at radius 2 is 0.536 bits per heavy atom. The SMILES string of the molecule is CN1C(=O)[C@@]23C[C@](C)(C#N)[C@H](c4ccc5c(c4)OCO5)N2C(=O)[C@]1(C)SS3.CN1C(=O)[C@]23C[C@@](C)(C#N)[C@@H](c4ccc5c(c4)OCO5)N2C(=O)[C@@]1(C)SS3.CN1C(=O)[C@]23C[C@@](C)(C#N)[C@H](c4ccc5c(c4)OCO5)N2C(=O)[C@@]1(C)SS3.C[C@]1(C#N)C[C@@]23SS[C@](C)(C(=O)N2[C@H]1c1ccc2c(c1)OCO2)N(C1CC1)C3=O. The summed E-state index contributed by atoms with van der Waals surface area (Å²) in [6.45, 7) is 15.1. The van der Waals surface area contributed by atoms with Gasteiger partial charge in [-0.05, 0) is 139 Å². The minimum absolute atomic E-state index is 0.0180. The van der Waals surface area contributed by atoms with Gasteiger partial charge >= 0.3 is 0 Å². The fourth-order valence-corrected chi connectivity index (χ4v) is 33.0. The maximum Gasteiger partial charge on any atom is 0.261 e. The molecule has 20 aliphatic heterocycles. The Kier molecular flexibility index (Phi) is 15.9. The molecule has 4 aromatic carbocycles. The summed E-state index contributed by atoms with van der Waals surface area (Å²) in [6, 6.07) is 29.6. The van der Waals surface area contributed by atoms with E-state index >= 15 is 0 Å². The molecule has 16 saturated heterocycles. The van der Waals surface area contributed by atoms with Gasteiger partial charge in [0, 0.05) is 52.9 Å². The monoisotopic (exact) mass is 1640 g/mol. The normalized spacial score (nSPS) is 39.2. The Labute approximate surface area is 663 Å². The van der Waals surface area contributed by atoms with Gasteiger partial charge in [0.1, 0.15) is 0 Å². The average Bonchev–Trinajstić information content (AvgIpc) is 1.52. The summed E-state index contributed by atoms with van der Waals surface area (Å²) < 4.78 is 43.6. The Morgan fingerprint density at radius 1 is 0.309 bits per heavy atom. The summed E-state index contributed by atoms with van der Waals surface area (Å²) in [6.07, 6.45) is 3.07. The van der Waals surface area contributed by atoms with Crippen molar-refractivity contribution >= 4 is 134 Å². The predicted octanol–water partition coefficient (Wildman–Crippen LogP) is 10.5. The van der Waals surface area contributed by atoms with Gasteiger partial charge in [0.05, 0.1) is 70.1 Å². The Morgan fingerprint density at radius 3 is 0.782 bits per heavy atom. The lowest BCUT2D eigenvalue weighted by molar-refractivity contribution is -0.166. The Bertz CT molecular complexity index is 4740. The van der Waals surface area contributed by atoms with Crippen molar-refractivity contribution in [2.45, 2.75) is 163 Å². The Hall–Kier alpha value is -8.20. The fraction of sp³-hybridized carbons (Fsp3) is 0.514. The number of hydrogen-bond acceptors (Lipinski definition) is 28. The highest BCUT2D eigenvalue weighted by Crippen LogP contribution is 2.75. The van der Waals surface area contributed by atoms with Crippen molar-refractivity contribution in [1.82, 2.24) is 39.2 Å². The second kappa shape index (κ2) is 23.9. The summed E-state index contributed by atoms with van der Waals surface area (Å²) >= 11 is 0. The Balaban J connectivity index is 0.000000103. The lowest BCUT2D eigenvalue weighted by atomic mass is 9.79. The van der Waals surface area contributed by atoms with E-state index < -0.39 is 84.8 Å². The van der Waals surface area contributed by atoms with E-state index in [2.05, 4.69) is 24.3 Å². The fourth-order valence-electron chi connectivity index (χ4n) is 18.7. The van der Waals surface area contributed by atoms with E-state index in [9.17, 15) is 59.4 Å². The van der Waals surface area contributed by atoms with E-state index in [1.165, 1.54) is 101 Å². The van der Waals surface area contributed by atoms with Crippen molar-refractivity contribution in [3.8, 4) is 70.3 Å². The minimum Gasteiger partial charge on any atom is -0.454 e. The van der Waals surface area contributed by atoms with Crippen molar-refractivity contribution in [2.24, 2.45) is 21.7 Å². The van der Waals surface area contributed by atoms with Crippen molar-refractivity contribution in [3.05, 3.63) is 95.1 Å². The van der Waals surface area contributed by atoms with E-state index in [-0.39, 0.29) is 99.7 Å². The van der Waals surface area contributed by atoms with Crippen molar-refractivity contribution in [3.63, 3.8) is 0 Å². The molecule has 4 aromatic rings. The second-order valence-corrected chi connectivity index (χ2v) is 43.0.